The van der Waals surface area contributed by atoms with Crippen LogP contribution in [0.5, 0.6) is 0 Å². The van der Waals surface area contributed by atoms with Gasteiger partial charge in [0.1, 0.15) is 11.9 Å². The van der Waals surface area contributed by atoms with Gasteiger partial charge < -0.3 is 10.1 Å². The summed E-state index contributed by atoms with van der Waals surface area (Å²) < 4.78 is 6.67. The van der Waals surface area contributed by atoms with Crippen LogP contribution in [0.3, 0.4) is 0 Å². The van der Waals surface area contributed by atoms with Gasteiger partial charge in [0, 0.05) is 17.0 Å². The number of ether oxygens (including phenoxy) is 1. The van der Waals surface area contributed by atoms with Gasteiger partial charge in [0.05, 0.1) is 12.5 Å². The van der Waals surface area contributed by atoms with E-state index in [0.29, 0.717) is 29.9 Å². The zero-order chi connectivity index (χ0) is 19.4. The summed E-state index contributed by atoms with van der Waals surface area (Å²) in [5, 5.41) is 16.2. The van der Waals surface area contributed by atoms with Gasteiger partial charge in [-0.3, -0.25) is 9.59 Å². The van der Waals surface area contributed by atoms with Gasteiger partial charge in [0.25, 0.3) is 11.7 Å². The Balaban J connectivity index is 1.58. The largest absolute Gasteiger partial charge is 0.455 e. The first-order valence-electron chi connectivity index (χ1n) is 8.98. The maximum atomic E-state index is 12.2. The highest BCUT2D eigenvalue weighted by Crippen LogP contribution is 2.27. The van der Waals surface area contributed by atoms with Crippen LogP contribution in [0.1, 0.15) is 49.1 Å². The Morgan fingerprint density at radius 3 is 2.78 bits per heavy atom. The lowest BCUT2D eigenvalue weighted by Crippen LogP contribution is -2.50. The van der Waals surface area contributed by atoms with Crippen LogP contribution < -0.4 is 5.32 Å². The first-order valence-corrected chi connectivity index (χ1v) is 8.98. The average molecular weight is 370 g/mol. The molecule has 9 nitrogen and oxygen atoms in total. The lowest BCUT2D eigenvalue weighted by molar-refractivity contribution is -0.148. The summed E-state index contributed by atoms with van der Waals surface area (Å²) in [5.74, 6) is -0.520. The number of esters is 1. The van der Waals surface area contributed by atoms with Crippen LogP contribution in [-0.4, -0.2) is 43.6 Å². The molecule has 1 N–H and O–H groups in total. The number of nitriles is 1. The quantitative estimate of drug-likeness (QED) is 0.784. The molecular weight excluding hydrogens is 348 g/mol. The Morgan fingerprint density at radius 1 is 1.33 bits per heavy atom. The third-order valence-electron chi connectivity index (χ3n) is 4.97. The third kappa shape index (κ3) is 4.05. The second kappa shape index (κ2) is 7.70. The number of amides is 1. The second-order valence-corrected chi connectivity index (χ2v) is 6.87. The van der Waals surface area contributed by atoms with Crippen LogP contribution in [0.2, 0.25) is 0 Å². The minimum Gasteiger partial charge on any atom is -0.455 e. The number of fused-ring (bicyclic) bond motifs is 1. The van der Waals surface area contributed by atoms with Gasteiger partial charge in [0.15, 0.2) is 6.61 Å². The first-order chi connectivity index (χ1) is 12.9. The van der Waals surface area contributed by atoms with E-state index in [1.807, 2.05) is 6.92 Å². The highest BCUT2D eigenvalue weighted by atomic mass is 16.5. The molecule has 0 saturated heterocycles. The maximum absolute atomic E-state index is 12.2. The minimum atomic E-state index is -0.836. The molecule has 1 saturated carbocycles. The molecule has 142 valence electrons. The van der Waals surface area contributed by atoms with Crippen LogP contribution in [0.25, 0.3) is 5.78 Å². The lowest BCUT2D eigenvalue weighted by Gasteiger charge is -2.31. The van der Waals surface area contributed by atoms with E-state index in [2.05, 4.69) is 26.5 Å². The SMILES string of the molecule is Cc1nc2ncnn2c(C)c1CC(=O)OCC(=O)NC1(C#N)CCCCC1. The van der Waals surface area contributed by atoms with Crippen molar-refractivity contribution in [1.82, 2.24) is 24.9 Å². The second-order valence-electron chi connectivity index (χ2n) is 6.87. The van der Waals surface area contributed by atoms with E-state index in [4.69, 9.17) is 4.74 Å². The molecule has 9 heteroatoms. The van der Waals surface area contributed by atoms with Crippen molar-refractivity contribution >= 4 is 17.7 Å². The molecule has 1 aliphatic rings. The summed E-state index contributed by atoms with van der Waals surface area (Å²) in [4.78, 5) is 32.7. The summed E-state index contributed by atoms with van der Waals surface area (Å²) in [6.07, 6.45) is 5.52. The molecule has 0 atom stereocenters. The molecule has 0 spiro atoms. The molecule has 1 aliphatic carbocycles. The number of aromatic nitrogens is 4. The van der Waals surface area contributed by atoms with E-state index in [-0.39, 0.29) is 6.42 Å². The summed E-state index contributed by atoms with van der Waals surface area (Å²) >= 11 is 0. The van der Waals surface area contributed by atoms with E-state index in [1.54, 1.807) is 11.4 Å². The highest BCUT2D eigenvalue weighted by Gasteiger charge is 2.33. The molecule has 27 heavy (non-hydrogen) atoms. The number of nitrogens with zero attached hydrogens (tertiary/aromatic N) is 5. The van der Waals surface area contributed by atoms with Gasteiger partial charge in [0.2, 0.25) is 0 Å². The third-order valence-corrected chi connectivity index (χ3v) is 4.97. The predicted octanol–water partition coefficient (Wildman–Crippen LogP) is 1.17. The summed E-state index contributed by atoms with van der Waals surface area (Å²) in [6, 6.07) is 2.21. The van der Waals surface area contributed by atoms with Gasteiger partial charge >= 0.3 is 5.97 Å². The Kier molecular flexibility index (Phi) is 5.35. The van der Waals surface area contributed by atoms with Gasteiger partial charge in [-0.05, 0) is 26.7 Å². The van der Waals surface area contributed by atoms with Crippen LogP contribution >= 0.6 is 0 Å². The zero-order valence-electron chi connectivity index (χ0n) is 15.5. The molecular formula is C18H22N6O3. The van der Waals surface area contributed by atoms with Crippen molar-refractivity contribution in [2.75, 3.05) is 6.61 Å². The fourth-order valence-electron chi connectivity index (χ4n) is 3.48. The molecule has 2 heterocycles. The number of hydrogen-bond acceptors (Lipinski definition) is 7. The molecule has 0 bridgehead atoms. The van der Waals surface area contributed by atoms with Crippen molar-refractivity contribution in [2.45, 2.75) is 57.9 Å². The van der Waals surface area contributed by atoms with E-state index < -0.39 is 24.0 Å². The molecule has 2 aromatic heterocycles. The van der Waals surface area contributed by atoms with E-state index in [0.717, 1.165) is 25.0 Å². The Bertz CT molecular complexity index is 908. The fourth-order valence-corrected chi connectivity index (χ4v) is 3.48. The Labute approximate surface area is 156 Å². The number of rotatable bonds is 5. The van der Waals surface area contributed by atoms with Crippen molar-refractivity contribution in [3.8, 4) is 6.07 Å². The molecule has 1 amide bonds. The normalized spacial score (nSPS) is 15.9. The minimum absolute atomic E-state index is 0.0167. The topological polar surface area (TPSA) is 122 Å². The van der Waals surface area contributed by atoms with Crippen molar-refractivity contribution in [1.29, 1.82) is 5.26 Å². The van der Waals surface area contributed by atoms with E-state index >= 15 is 0 Å². The maximum Gasteiger partial charge on any atom is 0.310 e. The molecule has 0 radical (unpaired) electrons. The zero-order valence-corrected chi connectivity index (χ0v) is 15.5. The van der Waals surface area contributed by atoms with Crippen LogP contribution in [-0.2, 0) is 20.7 Å². The first kappa shape index (κ1) is 18.8. The van der Waals surface area contributed by atoms with Crippen molar-refractivity contribution in [3.05, 3.63) is 23.3 Å². The monoisotopic (exact) mass is 370 g/mol. The number of hydrogen-bond donors (Lipinski definition) is 1. The number of carbonyl (C=O) groups excluding carboxylic acids is 2. The summed E-state index contributed by atoms with van der Waals surface area (Å²) in [6.45, 7) is 3.21. The number of nitrogens with one attached hydrogen (secondary N) is 1. The van der Waals surface area contributed by atoms with Crippen LogP contribution in [0, 0.1) is 25.2 Å². The van der Waals surface area contributed by atoms with Gasteiger partial charge in [-0.15, -0.1) is 0 Å². The predicted molar refractivity (Wildman–Crippen MR) is 94.5 cm³/mol. The van der Waals surface area contributed by atoms with Gasteiger partial charge in [-0.1, -0.05) is 19.3 Å². The van der Waals surface area contributed by atoms with Crippen molar-refractivity contribution < 1.29 is 14.3 Å². The van der Waals surface area contributed by atoms with Crippen LogP contribution in [0.4, 0.5) is 0 Å². The van der Waals surface area contributed by atoms with Gasteiger partial charge in [-0.2, -0.15) is 15.3 Å². The molecule has 0 unspecified atom stereocenters. The summed E-state index contributed by atoms with van der Waals surface area (Å²) in [5.41, 5.74) is 1.28. The highest BCUT2D eigenvalue weighted by molar-refractivity contribution is 5.82. The fraction of sp³-hybridized carbons (Fsp3) is 0.556. The average Bonchev–Trinajstić information content (AvgIpc) is 3.12. The standard InChI is InChI=1S/C18H22N6O3/c1-12-14(13(2)24-17(22-12)20-11-21-24)8-16(26)27-9-15(25)23-18(10-19)6-4-3-5-7-18/h11H,3-9H2,1-2H3,(H,23,25). The Hall–Kier alpha value is -3.02. The van der Waals surface area contributed by atoms with Crippen LogP contribution in [0.15, 0.2) is 6.33 Å². The van der Waals surface area contributed by atoms with E-state index in [9.17, 15) is 14.9 Å². The molecule has 0 aromatic carbocycles. The Morgan fingerprint density at radius 2 is 2.07 bits per heavy atom. The van der Waals surface area contributed by atoms with E-state index in [1.165, 1.54) is 6.33 Å². The summed E-state index contributed by atoms with van der Waals surface area (Å²) in [7, 11) is 0. The lowest BCUT2D eigenvalue weighted by atomic mass is 9.83. The molecule has 0 aliphatic heterocycles. The number of carbonyl (C=O) groups is 2. The molecule has 1 fully saturated rings. The molecule has 2 aromatic rings. The van der Waals surface area contributed by atoms with Gasteiger partial charge in [-0.25, -0.2) is 9.50 Å². The smallest absolute Gasteiger partial charge is 0.310 e. The molecule has 3 rings (SSSR count). The van der Waals surface area contributed by atoms with Crippen molar-refractivity contribution in [2.24, 2.45) is 0 Å². The number of aryl methyl sites for hydroxylation is 2. The van der Waals surface area contributed by atoms with Crippen molar-refractivity contribution in [3.63, 3.8) is 0 Å².